The van der Waals surface area contributed by atoms with Crippen LogP contribution >= 0.6 is 15.9 Å². The fourth-order valence-electron chi connectivity index (χ4n) is 1.89. The number of hydrogen-bond acceptors (Lipinski definition) is 3. The predicted octanol–water partition coefficient (Wildman–Crippen LogP) is 3.98. The van der Waals surface area contributed by atoms with E-state index in [1.165, 1.54) is 7.11 Å². The number of methoxy groups -OCH3 is 1. The summed E-state index contributed by atoms with van der Waals surface area (Å²) in [5.74, 6) is -0.356. The summed E-state index contributed by atoms with van der Waals surface area (Å²) in [5.41, 5.74) is 3.24. The molecule has 0 aliphatic carbocycles. The van der Waals surface area contributed by atoms with E-state index in [0.29, 0.717) is 5.56 Å². The summed E-state index contributed by atoms with van der Waals surface area (Å²) in [7, 11) is 1.37. The molecule has 1 aromatic carbocycles. The first kappa shape index (κ1) is 14.5. The van der Waals surface area contributed by atoms with E-state index in [4.69, 9.17) is 4.74 Å². The third-order valence-corrected chi connectivity index (χ3v) is 3.66. The quantitative estimate of drug-likeness (QED) is 0.629. The molecule has 20 heavy (non-hydrogen) atoms. The third-order valence-electron chi connectivity index (χ3n) is 2.97. The minimum atomic E-state index is -0.356. The van der Waals surface area contributed by atoms with Gasteiger partial charge in [0.05, 0.1) is 23.7 Å². The Bertz CT molecular complexity index is 714. The van der Waals surface area contributed by atoms with Crippen LogP contribution < -0.4 is 0 Å². The molecule has 0 saturated heterocycles. The molecule has 2 rings (SSSR count). The van der Waals surface area contributed by atoms with Crippen LogP contribution in [-0.4, -0.2) is 22.6 Å². The molecule has 0 saturated carbocycles. The van der Waals surface area contributed by atoms with Gasteiger partial charge >= 0.3 is 5.97 Å². The molecular weight excluding hydrogens is 320 g/mol. The van der Waals surface area contributed by atoms with Gasteiger partial charge < -0.3 is 9.30 Å². The Kier molecular flexibility index (Phi) is 4.39. The van der Waals surface area contributed by atoms with E-state index in [1.807, 2.05) is 36.6 Å². The van der Waals surface area contributed by atoms with Crippen LogP contribution in [0.1, 0.15) is 24.2 Å². The lowest BCUT2D eigenvalue weighted by Crippen LogP contribution is -2.00. The van der Waals surface area contributed by atoms with Gasteiger partial charge in [-0.15, -0.1) is 0 Å². The van der Waals surface area contributed by atoms with Crippen LogP contribution in [0, 0.1) is 0 Å². The number of halogens is 1. The van der Waals surface area contributed by atoms with Crippen molar-refractivity contribution < 1.29 is 9.53 Å². The predicted molar refractivity (Wildman–Crippen MR) is 83.7 cm³/mol. The average molecular weight is 335 g/mol. The first-order valence-corrected chi connectivity index (χ1v) is 6.92. The molecule has 0 aliphatic rings. The second-order valence-corrected chi connectivity index (χ2v) is 5.18. The lowest BCUT2D eigenvalue weighted by Gasteiger charge is -2.05. The molecule has 0 amide bonds. The number of nitrogens with zero attached hydrogens (tertiary/aromatic N) is 2. The van der Waals surface area contributed by atoms with Gasteiger partial charge in [-0.1, -0.05) is 22.0 Å². The third kappa shape index (κ3) is 2.82. The van der Waals surface area contributed by atoms with Crippen molar-refractivity contribution in [1.82, 2.24) is 9.55 Å². The molecule has 0 radical (unpaired) electrons. The maximum atomic E-state index is 11.5. The molecule has 4 nitrogen and oxygen atoms in total. The average Bonchev–Trinajstić information content (AvgIpc) is 2.89. The van der Waals surface area contributed by atoms with Gasteiger partial charge in [0.1, 0.15) is 6.33 Å². The van der Waals surface area contributed by atoms with Crippen LogP contribution in [0.2, 0.25) is 0 Å². The van der Waals surface area contributed by atoms with Crippen molar-refractivity contribution in [2.45, 2.75) is 13.8 Å². The van der Waals surface area contributed by atoms with Gasteiger partial charge in [-0.05, 0) is 38.1 Å². The van der Waals surface area contributed by atoms with Gasteiger partial charge in [0, 0.05) is 10.2 Å². The Hall–Kier alpha value is -1.88. The second kappa shape index (κ2) is 6.05. The molecular formula is C15H15BrN2O2. The fourth-order valence-corrected chi connectivity index (χ4v) is 2.22. The van der Waals surface area contributed by atoms with Crippen molar-refractivity contribution >= 4 is 38.6 Å². The molecule has 0 bridgehead atoms. The normalized spacial score (nSPS) is 12.8. The van der Waals surface area contributed by atoms with Crippen LogP contribution in [0.3, 0.4) is 0 Å². The molecule has 2 aromatic rings. The largest absolute Gasteiger partial charge is 0.465 e. The summed E-state index contributed by atoms with van der Waals surface area (Å²) in [6.07, 6.45) is 5.72. The van der Waals surface area contributed by atoms with Gasteiger partial charge in [0.2, 0.25) is 0 Å². The molecule has 0 N–H and O–H groups in total. The minimum absolute atomic E-state index is 0.356. The minimum Gasteiger partial charge on any atom is -0.465 e. The van der Waals surface area contributed by atoms with Crippen LogP contribution in [0.5, 0.6) is 0 Å². The highest BCUT2D eigenvalue weighted by Gasteiger charge is 2.09. The Morgan fingerprint density at radius 3 is 2.85 bits per heavy atom. The summed E-state index contributed by atoms with van der Waals surface area (Å²) >= 11 is 3.46. The summed E-state index contributed by atoms with van der Waals surface area (Å²) in [6, 6.07) is 5.34. The van der Waals surface area contributed by atoms with Crippen molar-refractivity contribution in [3.63, 3.8) is 0 Å². The number of aromatic nitrogens is 2. The van der Waals surface area contributed by atoms with Crippen molar-refractivity contribution in [2.24, 2.45) is 0 Å². The summed E-state index contributed by atoms with van der Waals surface area (Å²) in [5, 5.41) is 0. The number of fused-ring (bicyclic) bond motifs is 1. The maximum absolute atomic E-state index is 11.5. The number of carbonyl (C=O) groups excluding carboxylic acids is 1. The highest BCUT2D eigenvalue weighted by atomic mass is 79.9. The summed E-state index contributed by atoms with van der Waals surface area (Å²) in [6.45, 7) is 3.96. The molecule has 0 unspecified atom stereocenters. The Balaban J connectivity index is 2.48. The van der Waals surface area contributed by atoms with Gasteiger partial charge in [-0.3, -0.25) is 0 Å². The standard InChI is InChI=1S/C15H15BrN2O2/c1-4-12(16)7-10(2)18-9-17-13-8-11(15(19)20-3)5-6-14(13)18/h4-9H,1-3H3. The lowest BCUT2D eigenvalue weighted by molar-refractivity contribution is 0.0601. The topological polar surface area (TPSA) is 44.1 Å². The van der Waals surface area contributed by atoms with Crippen LogP contribution in [-0.2, 0) is 4.74 Å². The van der Waals surface area contributed by atoms with Gasteiger partial charge in [0.15, 0.2) is 0 Å². The highest BCUT2D eigenvalue weighted by Crippen LogP contribution is 2.21. The number of benzene rings is 1. The molecule has 1 heterocycles. The number of carbonyl (C=O) groups is 1. The van der Waals surface area contributed by atoms with E-state index < -0.39 is 0 Å². The zero-order valence-electron chi connectivity index (χ0n) is 11.6. The van der Waals surface area contributed by atoms with Crippen molar-refractivity contribution in [3.8, 4) is 0 Å². The van der Waals surface area contributed by atoms with Crippen LogP contribution in [0.15, 0.2) is 41.2 Å². The SMILES string of the molecule is CC=C(Br)C=C(C)n1cnc2cc(C(=O)OC)ccc21. The zero-order valence-corrected chi connectivity index (χ0v) is 13.1. The first-order chi connectivity index (χ1) is 9.56. The Morgan fingerprint density at radius 2 is 2.20 bits per heavy atom. The number of imidazole rings is 1. The van der Waals surface area contributed by atoms with E-state index in [1.54, 1.807) is 18.5 Å². The fraction of sp³-hybridized carbons (Fsp3) is 0.200. The monoisotopic (exact) mass is 334 g/mol. The molecule has 0 spiro atoms. The number of ether oxygens (including phenoxy) is 1. The number of rotatable bonds is 3. The van der Waals surface area contributed by atoms with E-state index in [-0.39, 0.29) is 5.97 Å². The molecule has 0 fully saturated rings. The number of esters is 1. The maximum Gasteiger partial charge on any atom is 0.337 e. The van der Waals surface area contributed by atoms with Crippen molar-refractivity contribution in [3.05, 3.63) is 46.7 Å². The smallest absolute Gasteiger partial charge is 0.337 e. The highest BCUT2D eigenvalue weighted by molar-refractivity contribution is 9.11. The molecule has 104 valence electrons. The number of hydrogen-bond donors (Lipinski definition) is 0. The van der Waals surface area contributed by atoms with E-state index in [0.717, 1.165) is 21.2 Å². The van der Waals surface area contributed by atoms with E-state index in [9.17, 15) is 4.79 Å². The molecule has 0 aliphatic heterocycles. The first-order valence-electron chi connectivity index (χ1n) is 6.12. The van der Waals surface area contributed by atoms with Crippen LogP contribution in [0.4, 0.5) is 0 Å². The number of allylic oxidation sites excluding steroid dienone is 4. The molecule has 1 aromatic heterocycles. The van der Waals surface area contributed by atoms with Gasteiger partial charge in [-0.25, -0.2) is 9.78 Å². The van der Waals surface area contributed by atoms with Crippen molar-refractivity contribution in [2.75, 3.05) is 7.11 Å². The Labute approximate surface area is 125 Å². The van der Waals surface area contributed by atoms with E-state index >= 15 is 0 Å². The van der Waals surface area contributed by atoms with Crippen LogP contribution in [0.25, 0.3) is 16.7 Å². The van der Waals surface area contributed by atoms with E-state index in [2.05, 4.69) is 20.9 Å². The zero-order chi connectivity index (χ0) is 14.7. The Morgan fingerprint density at radius 1 is 1.45 bits per heavy atom. The molecule has 0 atom stereocenters. The molecule has 5 heteroatoms. The van der Waals surface area contributed by atoms with Crippen molar-refractivity contribution in [1.29, 1.82) is 0 Å². The van der Waals surface area contributed by atoms with Gasteiger partial charge in [0.25, 0.3) is 0 Å². The summed E-state index contributed by atoms with van der Waals surface area (Å²) in [4.78, 5) is 15.8. The van der Waals surface area contributed by atoms with Gasteiger partial charge in [-0.2, -0.15) is 0 Å². The second-order valence-electron chi connectivity index (χ2n) is 4.27. The summed E-state index contributed by atoms with van der Waals surface area (Å²) < 4.78 is 7.68. The lowest BCUT2D eigenvalue weighted by atomic mass is 10.2.